The highest BCUT2D eigenvalue weighted by Gasteiger charge is 2.21. The molecule has 1 aliphatic heterocycles. The van der Waals surface area contributed by atoms with Gasteiger partial charge in [-0.2, -0.15) is 0 Å². The molecule has 1 N–H and O–H groups in total. The van der Waals surface area contributed by atoms with Crippen molar-refractivity contribution < 1.29 is 4.74 Å². The van der Waals surface area contributed by atoms with Crippen molar-refractivity contribution in [1.29, 1.82) is 0 Å². The quantitative estimate of drug-likeness (QED) is 0.824. The number of rotatable bonds is 4. The van der Waals surface area contributed by atoms with E-state index in [4.69, 9.17) is 4.74 Å². The van der Waals surface area contributed by atoms with E-state index in [0.717, 1.165) is 39.8 Å². The summed E-state index contributed by atoms with van der Waals surface area (Å²) in [5.41, 5.74) is 3.52. The first-order chi connectivity index (χ1) is 10.2. The van der Waals surface area contributed by atoms with Gasteiger partial charge < -0.3 is 10.1 Å². The smallest absolute Gasteiger partial charge is 0.125 e. The van der Waals surface area contributed by atoms with Crippen LogP contribution in [0, 0.1) is 0 Å². The molecule has 0 saturated heterocycles. The number of likely N-dealkylation sites (N-methyl/N-ethyl adjacent to an activating group) is 1. The molecule has 0 fully saturated rings. The van der Waals surface area contributed by atoms with E-state index in [2.05, 4.69) is 54.3 Å². The highest BCUT2D eigenvalue weighted by molar-refractivity contribution is 9.10. The van der Waals surface area contributed by atoms with Gasteiger partial charge in [0.25, 0.3) is 0 Å². The van der Waals surface area contributed by atoms with Crippen molar-refractivity contribution in [3.8, 4) is 5.75 Å². The highest BCUT2D eigenvalue weighted by Crippen LogP contribution is 2.35. The van der Waals surface area contributed by atoms with Crippen molar-refractivity contribution in [2.75, 3.05) is 13.7 Å². The molecule has 1 aromatic carbocycles. The second-order valence-electron chi connectivity index (χ2n) is 5.07. The predicted octanol–water partition coefficient (Wildman–Crippen LogP) is 4.04. The maximum Gasteiger partial charge on any atom is 0.125 e. The minimum absolute atomic E-state index is 0.142. The van der Waals surface area contributed by atoms with Gasteiger partial charge in [-0.25, -0.2) is 0 Å². The summed E-state index contributed by atoms with van der Waals surface area (Å²) in [6, 6.07) is 8.39. The van der Waals surface area contributed by atoms with E-state index in [1.807, 2.05) is 25.4 Å². The molecule has 1 atom stereocenters. The van der Waals surface area contributed by atoms with Crippen LogP contribution in [0.2, 0.25) is 0 Å². The second-order valence-corrected chi connectivity index (χ2v) is 6.84. The van der Waals surface area contributed by atoms with Crippen LogP contribution < -0.4 is 10.1 Å². The molecular formula is C16H16Br2N2O. The number of hydrogen-bond acceptors (Lipinski definition) is 3. The number of pyridine rings is 1. The van der Waals surface area contributed by atoms with Gasteiger partial charge in [0, 0.05) is 21.6 Å². The van der Waals surface area contributed by atoms with Crippen LogP contribution in [0.1, 0.15) is 22.9 Å². The zero-order chi connectivity index (χ0) is 14.8. The lowest BCUT2D eigenvalue weighted by molar-refractivity contribution is 0.351. The van der Waals surface area contributed by atoms with E-state index in [1.165, 1.54) is 11.1 Å². The Morgan fingerprint density at radius 2 is 2.24 bits per heavy atom. The summed E-state index contributed by atoms with van der Waals surface area (Å²) in [6.07, 6.45) is 3.65. The summed E-state index contributed by atoms with van der Waals surface area (Å²) in [7, 11) is 1.96. The first-order valence-electron chi connectivity index (χ1n) is 6.91. The molecular weight excluding hydrogens is 396 g/mol. The fraction of sp³-hybridized carbons (Fsp3) is 0.312. The number of aromatic nitrogens is 1. The first-order valence-corrected chi connectivity index (χ1v) is 8.49. The predicted molar refractivity (Wildman–Crippen MR) is 90.8 cm³/mol. The number of ether oxygens (including phenoxy) is 1. The van der Waals surface area contributed by atoms with Crippen LogP contribution in [-0.4, -0.2) is 18.6 Å². The first kappa shape index (κ1) is 15.0. The number of nitrogens with one attached hydrogen (secondary N) is 1. The molecule has 5 heteroatoms. The number of hydrogen-bond donors (Lipinski definition) is 1. The minimum Gasteiger partial charge on any atom is -0.493 e. The fourth-order valence-electron chi connectivity index (χ4n) is 2.71. The van der Waals surface area contributed by atoms with Crippen molar-refractivity contribution in [2.24, 2.45) is 0 Å². The van der Waals surface area contributed by atoms with Crippen LogP contribution in [0.5, 0.6) is 5.75 Å². The Kier molecular flexibility index (Phi) is 4.62. The van der Waals surface area contributed by atoms with Gasteiger partial charge in [-0.3, -0.25) is 4.98 Å². The summed E-state index contributed by atoms with van der Waals surface area (Å²) in [5.74, 6) is 1.05. The van der Waals surface area contributed by atoms with Gasteiger partial charge in [0.2, 0.25) is 0 Å². The molecule has 0 bridgehead atoms. The molecule has 110 valence electrons. The van der Waals surface area contributed by atoms with Crippen LogP contribution in [-0.2, 0) is 12.8 Å². The fourth-order valence-corrected chi connectivity index (χ4v) is 3.79. The van der Waals surface area contributed by atoms with Gasteiger partial charge in [-0.15, -0.1) is 0 Å². The standard InChI is InChI=1S/C16H16Br2N2O/c1-19-14(15-13(18)3-2-5-20-15)9-11-8-12(17)7-10-4-6-21-16(10)11/h2-3,5,7-8,14,19H,4,6,9H2,1H3. The van der Waals surface area contributed by atoms with E-state index in [9.17, 15) is 0 Å². The van der Waals surface area contributed by atoms with E-state index in [1.54, 1.807) is 0 Å². The summed E-state index contributed by atoms with van der Waals surface area (Å²) < 4.78 is 7.95. The zero-order valence-corrected chi connectivity index (χ0v) is 14.9. The lowest BCUT2D eigenvalue weighted by atomic mass is 9.99. The summed E-state index contributed by atoms with van der Waals surface area (Å²) >= 11 is 7.18. The molecule has 2 aromatic rings. The lowest BCUT2D eigenvalue weighted by Gasteiger charge is -2.19. The van der Waals surface area contributed by atoms with Gasteiger partial charge >= 0.3 is 0 Å². The molecule has 1 unspecified atom stereocenters. The normalized spacial score (nSPS) is 14.6. The Morgan fingerprint density at radius 1 is 1.38 bits per heavy atom. The molecule has 0 radical (unpaired) electrons. The van der Waals surface area contributed by atoms with E-state index < -0.39 is 0 Å². The molecule has 1 aromatic heterocycles. The van der Waals surface area contributed by atoms with Crippen molar-refractivity contribution in [3.05, 3.63) is 56.2 Å². The molecule has 1 aliphatic rings. The average molecular weight is 412 g/mol. The van der Waals surface area contributed by atoms with E-state index >= 15 is 0 Å². The lowest BCUT2D eigenvalue weighted by Crippen LogP contribution is -2.20. The van der Waals surface area contributed by atoms with Gasteiger partial charge in [-0.1, -0.05) is 15.9 Å². The third-order valence-corrected chi connectivity index (χ3v) is 4.84. The summed E-state index contributed by atoms with van der Waals surface area (Å²) in [6.45, 7) is 0.774. The largest absolute Gasteiger partial charge is 0.493 e. The minimum atomic E-state index is 0.142. The molecule has 0 spiro atoms. The van der Waals surface area contributed by atoms with Crippen molar-refractivity contribution in [2.45, 2.75) is 18.9 Å². The maximum atomic E-state index is 5.82. The summed E-state index contributed by atoms with van der Waals surface area (Å²) in [4.78, 5) is 4.50. The Morgan fingerprint density at radius 3 is 3.00 bits per heavy atom. The van der Waals surface area contributed by atoms with Crippen LogP contribution >= 0.6 is 31.9 Å². The van der Waals surface area contributed by atoms with Crippen molar-refractivity contribution in [3.63, 3.8) is 0 Å². The van der Waals surface area contributed by atoms with Crippen LogP contribution in [0.15, 0.2) is 39.4 Å². The van der Waals surface area contributed by atoms with Crippen LogP contribution in [0.25, 0.3) is 0 Å². The third-order valence-electron chi connectivity index (χ3n) is 3.71. The molecule has 21 heavy (non-hydrogen) atoms. The van der Waals surface area contributed by atoms with E-state index in [0.29, 0.717) is 0 Å². The Balaban J connectivity index is 1.94. The molecule has 0 saturated carbocycles. The zero-order valence-electron chi connectivity index (χ0n) is 11.7. The van der Waals surface area contributed by atoms with E-state index in [-0.39, 0.29) is 6.04 Å². The number of fused-ring (bicyclic) bond motifs is 1. The maximum absolute atomic E-state index is 5.82. The number of benzene rings is 1. The number of halogens is 2. The topological polar surface area (TPSA) is 34.1 Å². The molecule has 3 rings (SSSR count). The highest BCUT2D eigenvalue weighted by atomic mass is 79.9. The Labute approximate surface area is 141 Å². The van der Waals surface area contributed by atoms with Crippen molar-refractivity contribution in [1.82, 2.24) is 10.3 Å². The SMILES string of the molecule is CNC(Cc1cc(Br)cc2c1OCC2)c1ncccc1Br. The van der Waals surface area contributed by atoms with Crippen LogP contribution in [0.3, 0.4) is 0 Å². The number of nitrogens with zero attached hydrogens (tertiary/aromatic N) is 1. The molecule has 3 nitrogen and oxygen atoms in total. The van der Waals surface area contributed by atoms with Crippen molar-refractivity contribution >= 4 is 31.9 Å². The Bertz CT molecular complexity index is 661. The molecule has 0 amide bonds. The van der Waals surface area contributed by atoms with Gasteiger partial charge in [-0.05, 0) is 64.8 Å². The van der Waals surface area contributed by atoms with Gasteiger partial charge in [0.15, 0.2) is 0 Å². The second kappa shape index (κ2) is 6.46. The van der Waals surface area contributed by atoms with Gasteiger partial charge in [0.05, 0.1) is 18.3 Å². The third kappa shape index (κ3) is 3.15. The molecule has 2 heterocycles. The summed E-state index contributed by atoms with van der Waals surface area (Å²) in [5, 5.41) is 3.35. The van der Waals surface area contributed by atoms with Gasteiger partial charge in [0.1, 0.15) is 5.75 Å². The average Bonchev–Trinajstić information content (AvgIpc) is 2.93. The monoisotopic (exact) mass is 410 g/mol. The Hall–Kier alpha value is -0.910. The van der Waals surface area contributed by atoms with Crippen LogP contribution in [0.4, 0.5) is 0 Å². The molecule has 0 aliphatic carbocycles.